The molecule has 0 aromatic rings. The first-order valence-electron chi connectivity index (χ1n) is 6.13. The van der Waals surface area contributed by atoms with Gasteiger partial charge in [-0.2, -0.15) is 0 Å². The second kappa shape index (κ2) is 4.29. The Morgan fingerprint density at radius 2 is 1.40 bits per heavy atom. The molecule has 3 aliphatic heterocycles. The third kappa shape index (κ3) is 1.71. The van der Waals surface area contributed by atoms with Crippen LogP contribution in [0.1, 0.15) is 0 Å². The molecule has 3 aliphatic rings. The Balaban J connectivity index is 2.01. The Morgan fingerprint density at radius 3 is 1.75 bits per heavy atom. The topological polar surface area (TPSA) is 96.0 Å². The van der Waals surface area contributed by atoms with Crippen molar-refractivity contribution in [1.29, 1.82) is 0 Å². The fraction of sp³-hybridized carbons (Fsp3) is 0.667. The average Bonchev–Trinajstić information content (AvgIpc) is 3.02. The van der Waals surface area contributed by atoms with Crippen molar-refractivity contribution >= 4 is 21.8 Å². The van der Waals surface area contributed by atoms with Gasteiger partial charge in [-0.25, -0.2) is 8.42 Å². The van der Waals surface area contributed by atoms with Crippen molar-refractivity contribution in [2.45, 2.75) is 12.2 Å². The van der Waals surface area contributed by atoms with E-state index >= 15 is 0 Å². The molecule has 110 valence electrons. The fourth-order valence-electron chi connectivity index (χ4n) is 3.35. The number of hydrogen-bond donors (Lipinski definition) is 0. The van der Waals surface area contributed by atoms with Crippen LogP contribution >= 0.6 is 0 Å². The Labute approximate surface area is 115 Å². The van der Waals surface area contributed by atoms with Crippen LogP contribution in [-0.2, 0) is 33.6 Å². The van der Waals surface area contributed by atoms with E-state index in [1.54, 1.807) is 0 Å². The third-order valence-electron chi connectivity index (χ3n) is 4.13. The molecule has 7 nitrogen and oxygen atoms in total. The standard InChI is InChI=1S/C12H14O7S/c1-17-11(13)7-8(12(14)18-2)10-6-4-20(15,16)3-5(6)9(7)19-10/h7-10H,3-4H2,1-2H3/t7?,8?,9-,10+. The first-order valence-corrected chi connectivity index (χ1v) is 7.95. The van der Waals surface area contributed by atoms with E-state index in [2.05, 4.69) is 0 Å². The maximum Gasteiger partial charge on any atom is 0.312 e. The van der Waals surface area contributed by atoms with Gasteiger partial charge in [0.2, 0.25) is 0 Å². The molecule has 0 spiro atoms. The zero-order chi connectivity index (χ0) is 14.7. The number of fused-ring (bicyclic) bond motifs is 4. The highest BCUT2D eigenvalue weighted by molar-refractivity contribution is 7.92. The van der Waals surface area contributed by atoms with Crippen molar-refractivity contribution in [1.82, 2.24) is 0 Å². The van der Waals surface area contributed by atoms with Crippen LogP contribution in [-0.4, -0.2) is 58.3 Å². The molecule has 3 heterocycles. The molecule has 0 amide bonds. The van der Waals surface area contributed by atoms with Crippen LogP contribution in [0, 0.1) is 11.8 Å². The maximum absolute atomic E-state index is 11.9. The predicted molar refractivity (Wildman–Crippen MR) is 65.4 cm³/mol. The van der Waals surface area contributed by atoms with Crippen LogP contribution in [0.2, 0.25) is 0 Å². The molecule has 0 saturated carbocycles. The minimum atomic E-state index is -3.20. The normalized spacial score (nSPS) is 36.9. The third-order valence-corrected chi connectivity index (χ3v) is 5.63. The number of esters is 2. The number of carbonyl (C=O) groups is 2. The summed E-state index contributed by atoms with van der Waals surface area (Å²) in [7, 11) is -0.750. The maximum atomic E-state index is 11.9. The Bertz CT molecular complexity index is 572. The highest BCUT2D eigenvalue weighted by Gasteiger charge is 2.62. The summed E-state index contributed by atoms with van der Waals surface area (Å²) in [6.45, 7) is 0. The summed E-state index contributed by atoms with van der Waals surface area (Å²) in [6.07, 6.45) is -1.38. The minimum absolute atomic E-state index is 0.106. The Kier molecular flexibility index (Phi) is 2.91. The molecule has 1 fully saturated rings. The zero-order valence-corrected chi connectivity index (χ0v) is 11.8. The lowest BCUT2D eigenvalue weighted by Gasteiger charge is -2.24. The van der Waals surface area contributed by atoms with Crippen molar-refractivity contribution in [2.75, 3.05) is 25.7 Å². The van der Waals surface area contributed by atoms with E-state index in [9.17, 15) is 18.0 Å². The lowest BCUT2D eigenvalue weighted by molar-refractivity contribution is -0.156. The Morgan fingerprint density at radius 1 is 1.00 bits per heavy atom. The van der Waals surface area contributed by atoms with Gasteiger partial charge >= 0.3 is 11.9 Å². The van der Waals surface area contributed by atoms with Crippen molar-refractivity contribution in [3.8, 4) is 0 Å². The van der Waals surface area contributed by atoms with Gasteiger partial charge in [0, 0.05) is 0 Å². The summed E-state index contributed by atoms with van der Waals surface area (Å²) in [5.41, 5.74) is 1.23. The van der Waals surface area contributed by atoms with Crippen molar-refractivity contribution in [3.63, 3.8) is 0 Å². The van der Waals surface area contributed by atoms with E-state index in [0.717, 1.165) is 0 Å². The molecule has 20 heavy (non-hydrogen) atoms. The highest BCUT2D eigenvalue weighted by Crippen LogP contribution is 2.50. The predicted octanol–water partition coefficient (Wildman–Crippen LogP) is -0.929. The number of hydrogen-bond acceptors (Lipinski definition) is 7. The first kappa shape index (κ1) is 13.6. The van der Waals surface area contributed by atoms with E-state index in [0.29, 0.717) is 11.1 Å². The molecule has 8 heteroatoms. The van der Waals surface area contributed by atoms with Gasteiger partial charge in [0.1, 0.15) is 11.8 Å². The van der Waals surface area contributed by atoms with Crippen LogP contribution in [0.25, 0.3) is 0 Å². The smallest absolute Gasteiger partial charge is 0.312 e. The van der Waals surface area contributed by atoms with Crippen molar-refractivity contribution < 1.29 is 32.2 Å². The molecular formula is C12H14O7S. The summed E-state index contributed by atoms with van der Waals surface area (Å²) in [6, 6.07) is 0. The molecule has 1 saturated heterocycles. The molecule has 0 N–H and O–H groups in total. The van der Waals surface area contributed by atoms with Gasteiger partial charge in [0.05, 0.1) is 37.9 Å². The summed E-state index contributed by atoms with van der Waals surface area (Å²) >= 11 is 0. The van der Waals surface area contributed by atoms with Crippen LogP contribution < -0.4 is 0 Å². The molecule has 0 aliphatic carbocycles. The number of rotatable bonds is 2. The lowest BCUT2D eigenvalue weighted by Crippen LogP contribution is -2.40. The molecule has 2 unspecified atom stereocenters. The minimum Gasteiger partial charge on any atom is -0.469 e. The molecule has 0 aromatic carbocycles. The molecule has 0 aromatic heterocycles. The lowest BCUT2D eigenvalue weighted by atomic mass is 9.76. The zero-order valence-electron chi connectivity index (χ0n) is 11.0. The van der Waals surface area contributed by atoms with Gasteiger partial charge in [0.15, 0.2) is 9.84 Å². The first-order chi connectivity index (χ1) is 9.39. The van der Waals surface area contributed by atoms with Gasteiger partial charge in [-0.3, -0.25) is 9.59 Å². The molecule has 3 rings (SSSR count). The monoisotopic (exact) mass is 302 g/mol. The van der Waals surface area contributed by atoms with E-state index in [-0.39, 0.29) is 11.5 Å². The number of methoxy groups -OCH3 is 2. The van der Waals surface area contributed by atoms with Gasteiger partial charge in [0.25, 0.3) is 0 Å². The van der Waals surface area contributed by atoms with Crippen LogP contribution in [0.15, 0.2) is 11.1 Å². The quantitative estimate of drug-likeness (QED) is 0.480. The molecule has 2 bridgehead atoms. The van der Waals surface area contributed by atoms with Gasteiger partial charge in [-0.1, -0.05) is 0 Å². The van der Waals surface area contributed by atoms with E-state index < -0.39 is 45.8 Å². The molecule has 0 radical (unpaired) electrons. The van der Waals surface area contributed by atoms with Gasteiger partial charge < -0.3 is 14.2 Å². The molecule has 4 atom stereocenters. The van der Waals surface area contributed by atoms with E-state index in [1.165, 1.54) is 14.2 Å². The highest BCUT2D eigenvalue weighted by atomic mass is 32.2. The van der Waals surface area contributed by atoms with Crippen molar-refractivity contribution in [2.24, 2.45) is 11.8 Å². The SMILES string of the molecule is COC(=O)C1C(C(=O)OC)[C@H]2O[C@@H]1C1=C2CS(=O)(=O)C1. The number of carbonyl (C=O) groups excluding carboxylic acids is 2. The van der Waals surface area contributed by atoms with Crippen LogP contribution in [0.5, 0.6) is 0 Å². The van der Waals surface area contributed by atoms with Crippen molar-refractivity contribution in [3.05, 3.63) is 11.1 Å². The van der Waals surface area contributed by atoms with E-state index in [1.807, 2.05) is 0 Å². The Hall–Kier alpha value is -1.41. The summed E-state index contributed by atoms with van der Waals surface area (Å²) < 4.78 is 38.5. The number of ether oxygens (including phenoxy) is 3. The molecular weight excluding hydrogens is 288 g/mol. The summed E-state index contributed by atoms with van der Waals surface area (Å²) in [5, 5.41) is 0. The van der Waals surface area contributed by atoms with Crippen LogP contribution in [0.3, 0.4) is 0 Å². The van der Waals surface area contributed by atoms with Gasteiger partial charge in [-0.05, 0) is 11.1 Å². The summed E-state index contributed by atoms with van der Waals surface area (Å²) in [5.74, 6) is -3.03. The van der Waals surface area contributed by atoms with E-state index in [4.69, 9.17) is 14.2 Å². The average molecular weight is 302 g/mol. The summed E-state index contributed by atoms with van der Waals surface area (Å²) in [4.78, 5) is 23.8. The number of sulfone groups is 1. The van der Waals surface area contributed by atoms with Crippen LogP contribution in [0.4, 0.5) is 0 Å². The van der Waals surface area contributed by atoms with Gasteiger partial charge in [-0.15, -0.1) is 0 Å². The largest absolute Gasteiger partial charge is 0.469 e. The second-order valence-electron chi connectivity index (χ2n) is 5.16. The fourth-order valence-corrected chi connectivity index (χ4v) is 5.10. The second-order valence-corrected chi connectivity index (χ2v) is 7.22.